The van der Waals surface area contributed by atoms with Gasteiger partial charge in [-0.15, -0.1) is 11.6 Å². The van der Waals surface area contributed by atoms with Gasteiger partial charge in [-0.3, -0.25) is 4.79 Å². The lowest BCUT2D eigenvalue weighted by molar-refractivity contribution is -0.113. The smallest absolute Gasteiger partial charge is 0.354 e. The molecule has 1 atom stereocenters. The number of aromatic nitrogens is 1. The Morgan fingerprint density at radius 2 is 2.25 bits per heavy atom. The fraction of sp³-hybridized carbons (Fsp3) is 0.417. The minimum atomic E-state index is -1.14. The molecule has 1 fully saturated rings. The number of nitrogens with zero attached hydrogens (tertiary/aromatic N) is 1. The second kappa shape index (κ2) is 6.53. The molecule has 0 radical (unpaired) electrons. The number of rotatable bonds is 6. The molecule has 7 nitrogen and oxygen atoms in total. The zero-order valence-corrected chi connectivity index (χ0v) is 11.3. The summed E-state index contributed by atoms with van der Waals surface area (Å²) in [6.45, 7) is 1.23. The van der Waals surface area contributed by atoms with Gasteiger partial charge in [-0.05, 0) is 18.6 Å². The van der Waals surface area contributed by atoms with Crippen LogP contribution in [0.5, 0.6) is 0 Å². The maximum absolute atomic E-state index is 11.3. The quantitative estimate of drug-likeness (QED) is 0.682. The number of hydrogen-bond donors (Lipinski definition) is 3. The summed E-state index contributed by atoms with van der Waals surface area (Å²) in [5.74, 6) is -1.42. The van der Waals surface area contributed by atoms with Crippen molar-refractivity contribution < 1.29 is 19.4 Å². The van der Waals surface area contributed by atoms with Crippen molar-refractivity contribution in [3.8, 4) is 0 Å². The summed E-state index contributed by atoms with van der Waals surface area (Å²) in [4.78, 5) is 26.2. The Morgan fingerprint density at radius 1 is 1.50 bits per heavy atom. The molecule has 1 aliphatic rings. The van der Waals surface area contributed by atoms with Crippen molar-refractivity contribution in [1.29, 1.82) is 0 Å². The molecule has 8 heteroatoms. The van der Waals surface area contributed by atoms with Gasteiger partial charge in [0.25, 0.3) is 0 Å². The molecule has 1 amide bonds. The summed E-state index contributed by atoms with van der Waals surface area (Å²) in [6, 6.07) is 2.79. The molecule has 0 bridgehead atoms. The zero-order valence-electron chi connectivity index (χ0n) is 10.6. The molecule has 1 aliphatic heterocycles. The van der Waals surface area contributed by atoms with E-state index in [1.165, 1.54) is 12.1 Å². The van der Waals surface area contributed by atoms with Gasteiger partial charge in [-0.1, -0.05) is 0 Å². The van der Waals surface area contributed by atoms with Crippen LogP contribution >= 0.6 is 11.6 Å². The molecule has 20 heavy (non-hydrogen) atoms. The fourth-order valence-electron chi connectivity index (χ4n) is 1.65. The van der Waals surface area contributed by atoms with Crippen molar-refractivity contribution in [3.63, 3.8) is 0 Å². The number of halogens is 1. The molecular weight excluding hydrogens is 286 g/mol. The zero-order chi connectivity index (χ0) is 14.5. The van der Waals surface area contributed by atoms with Crippen LogP contribution in [0.4, 0.5) is 11.5 Å². The highest BCUT2D eigenvalue weighted by Gasteiger charge is 2.19. The fourth-order valence-corrected chi connectivity index (χ4v) is 1.72. The van der Waals surface area contributed by atoms with Crippen molar-refractivity contribution in [3.05, 3.63) is 17.8 Å². The number of nitrogens with one attached hydrogen (secondary N) is 2. The minimum absolute atomic E-state index is 0.0851. The molecule has 1 aromatic heterocycles. The first kappa shape index (κ1) is 14.5. The first-order valence-electron chi connectivity index (χ1n) is 6.05. The van der Waals surface area contributed by atoms with E-state index in [2.05, 4.69) is 15.6 Å². The van der Waals surface area contributed by atoms with E-state index in [0.717, 1.165) is 13.0 Å². The predicted molar refractivity (Wildman–Crippen MR) is 73.4 cm³/mol. The summed E-state index contributed by atoms with van der Waals surface area (Å²) in [5, 5.41) is 14.5. The monoisotopic (exact) mass is 299 g/mol. The van der Waals surface area contributed by atoms with E-state index in [1.807, 2.05) is 0 Å². The number of carboxylic acid groups (broad SMARTS) is 1. The number of amides is 1. The molecule has 1 unspecified atom stereocenters. The molecule has 2 heterocycles. The number of carbonyl (C=O) groups excluding carboxylic acids is 1. The first-order chi connectivity index (χ1) is 9.60. The second-order valence-corrected chi connectivity index (χ2v) is 4.51. The van der Waals surface area contributed by atoms with E-state index >= 15 is 0 Å². The maximum atomic E-state index is 11.3. The molecule has 0 spiro atoms. The molecular formula is C12H14ClN3O4. The van der Waals surface area contributed by atoms with Gasteiger partial charge in [0.2, 0.25) is 5.91 Å². The van der Waals surface area contributed by atoms with Gasteiger partial charge in [-0.2, -0.15) is 0 Å². The van der Waals surface area contributed by atoms with Crippen LogP contribution in [-0.4, -0.2) is 47.1 Å². The highest BCUT2D eigenvalue weighted by Crippen LogP contribution is 2.21. The number of carboxylic acids is 1. The number of aromatic carboxylic acids is 1. The van der Waals surface area contributed by atoms with Crippen LogP contribution in [0, 0.1) is 0 Å². The third-order valence-corrected chi connectivity index (χ3v) is 3.04. The topological polar surface area (TPSA) is 101 Å². The molecule has 0 aromatic carbocycles. The molecule has 0 aliphatic carbocycles. The molecule has 0 saturated carbocycles. The van der Waals surface area contributed by atoms with E-state index < -0.39 is 5.97 Å². The Labute approximate surface area is 120 Å². The average Bonchev–Trinajstić information content (AvgIpc) is 2.38. The number of hydrogen-bond acceptors (Lipinski definition) is 5. The second-order valence-electron chi connectivity index (χ2n) is 4.24. The SMILES string of the molecule is O=C(CCl)Nc1ccc(C(=O)O)nc1NCC1CCO1. The molecule has 1 saturated heterocycles. The van der Waals surface area contributed by atoms with Gasteiger partial charge in [-0.25, -0.2) is 9.78 Å². The Kier molecular flexibility index (Phi) is 4.75. The first-order valence-corrected chi connectivity index (χ1v) is 6.59. The van der Waals surface area contributed by atoms with Gasteiger partial charge in [0.05, 0.1) is 11.8 Å². The number of alkyl halides is 1. The summed E-state index contributed by atoms with van der Waals surface area (Å²) in [7, 11) is 0. The van der Waals surface area contributed by atoms with Gasteiger partial charge in [0, 0.05) is 13.2 Å². The largest absolute Gasteiger partial charge is 0.477 e. The third kappa shape index (κ3) is 3.58. The third-order valence-electron chi connectivity index (χ3n) is 2.80. The lowest BCUT2D eigenvalue weighted by Crippen LogP contribution is -2.34. The molecule has 3 N–H and O–H groups in total. The maximum Gasteiger partial charge on any atom is 0.354 e. The number of ether oxygens (including phenoxy) is 1. The van der Waals surface area contributed by atoms with E-state index in [1.54, 1.807) is 0 Å². The van der Waals surface area contributed by atoms with Crippen molar-refractivity contribution in [2.75, 3.05) is 29.7 Å². The molecule has 2 rings (SSSR count). The summed E-state index contributed by atoms with van der Waals surface area (Å²) < 4.78 is 5.26. The van der Waals surface area contributed by atoms with Crippen LogP contribution in [0.1, 0.15) is 16.9 Å². The van der Waals surface area contributed by atoms with Gasteiger partial charge in [0.1, 0.15) is 5.88 Å². The van der Waals surface area contributed by atoms with Crippen molar-refractivity contribution >= 4 is 35.0 Å². The van der Waals surface area contributed by atoms with Crippen molar-refractivity contribution in [2.24, 2.45) is 0 Å². The summed E-state index contributed by atoms with van der Waals surface area (Å²) >= 11 is 5.43. The molecule has 1 aromatic rings. The van der Waals surface area contributed by atoms with E-state index in [4.69, 9.17) is 21.4 Å². The van der Waals surface area contributed by atoms with Crippen LogP contribution < -0.4 is 10.6 Å². The van der Waals surface area contributed by atoms with Gasteiger partial charge >= 0.3 is 5.97 Å². The highest BCUT2D eigenvalue weighted by atomic mass is 35.5. The number of pyridine rings is 1. The van der Waals surface area contributed by atoms with E-state index in [9.17, 15) is 9.59 Å². The van der Waals surface area contributed by atoms with E-state index in [0.29, 0.717) is 18.1 Å². The number of anilines is 2. The average molecular weight is 300 g/mol. The van der Waals surface area contributed by atoms with Crippen LogP contribution in [0.3, 0.4) is 0 Å². The van der Waals surface area contributed by atoms with Crippen molar-refractivity contribution in [2.45, 2.75) is 12.5 Å². The van der Waals surface area contributed by atoms with Crippen LogP contribution in [-0.2, 0) is 9.53 Å². The lowest BCUT2D eigenvalue weighted by atomic mass is 10.2. The Morgan fingerprint density at radius 3 is 2.80 bits per heavy atom. The molecule has 108 valence electrons. The Bertz CT molecular complexity index is 519. The van der Waals surface area contributed by atoms with Crippen LogP contribution in [0.25, 0.3) is 0 Å². The number of carbonyl (C=O) groups is 2. The normalized spacial score (nSPS) is 17.1. The predicted octanol–water partition coefficient (Wildman–Crippen LogP) is 1.16. The summed E-state index contributed by atoms with van der Waals surface area (Å²) in [5.41, 5.74) is 0.283. The highest BCUT2D eigenvalue weighted by molar-refractivity contribution is 6.29. The summed E-state index contributed by atoms with van der Waals surface area (Å²) in [6.07, 6.45) is 1.02. The Balaban J connectivity index is 2.14. The standard InChI is InChI=1S/C12H14ClN3O4/c13-5-10(17)15-8-1-2-9(12(18)19)16-11(8)14-6-7-3-4-20-7/h1-2,7H,3-6H2,(H,14,16)(H,15,17)(H,18,19). The van der Waals surface area contributed by atoms with Crippen molar-refractivity contribution in [1.82, 2.24) is 4.98 Å². The van der Waals surface area contributed by atoms with Gasteiger partial charge < -0.3 is 20.5 Å². The van der Waals surface area contributed by atoms with Crippen LogP contribution in [0.2, 0.25) is 0 Å². The van der Waals surface area contributed by atoms with Crippen LogP contribution in [0.15, 0.2) is 12.1 Å². The van der Waals surface area contributed by atoms with Gasteiger partial charge in [0.15, 0.2) is 11.5 Å². The van der Waals surface area contributed by atoms with E-state index in [-0.39, 0.29) is 23.6 Å². The lowest BCUT2D eigenvalue weighted by Gasteiger charge is -2.27. The Hall–Kier alpha value is -1.86. The minimum Gasteiger partial charge on any atom is -0.477 e.